The number of hydrogen-bond acceptors (Lipinski definition) is 4. The Morgan fingerprint density at radius 3 is 2.61 bits per heavy atom. The van der Waals surface area contributed by atoms with Crippen LogP contribution in [-0.2, 0) is 11.3 Å². The number of fused-ring (bicyclic) bond motifs is 1. The molecule has 2 N–H and O–H groups in total. The number of rotatable bonds is 5. The van der Waals surface area contributed by atoms with Crippen molar-refractivity contribution in [3.63, 3.8) is 0 Å². The molecule has 0 aromatic heterocycles. The molecule has 1 unspecified atom stereocenters. The molecule has 28 heavy (non-hydrogen) atoms. The maximum Gasteiger partial charge on any atom is 0.264 e. The second-order valence-electron chi connectivity index (χ2n) is 6.51. The van der Waals surface area contributed by atoms with E-state index in [4.69, 9.17) is 9.73 Å². The largest absolute Gasteiger partial charge is 0.497 e. The minimum absolute atomic E-state index is 0.179. The smallest absolute Gasteiger partial charge is 0.264 e. The van der Waals surface area contributed by atoms with E-state index in [0.29, 0.717) is 6.54 Å². The number of anilines is 1. The third-order valence-electron chi connectivity index (χ3n) is 4.63. The standard InChI is InChI=1S/C23H21N3O2/c1-28-18-11-7-8-16(14-18)15-24-22-23(27)25-20-13-6-5-12-19(20)21(26-22)17-9-3-2-4-10-17/h2-14,22,24H,15H2,1H3,(H,25,27). The summed E-state index contributed by atoms with van der Waals surface area (Å²) < 4.78 is 5.27. The molecule has 0 aliphatic carbocycles. The number of para-hydroxylation sites is 1. The lowest BCUT2D eigenvalue weighted by molar-refractivity contribution is -0.118. The molecule has 4 rings (SSSR count). The van der Waals surface area contributed by atoms with Crippen LogP contribution in [-0.4, -0.2) is 24.9 Å². The van der Waals surface area contributed by atoms with Gasteiger partial charge in [0.05, 0.1) is 18.5 Å². The van der Waals surface area contributed by atoms with Gasteiger partial charge in [0.25, 0.3) is 5.91 Å². The topological polar surface area (TPSA) is 62.7 Å². The molecule has 0 saturated carbocycles. The first-order valence-corrected chi connectivity index (χ1v) is 9.14. The first-order valence-electron chi connectivity index (χ1n) is 9.14. The van der Waals surface area contributed by atoms with E-state index in [1.807, 2.05) is 78.9 Å². The van der Waals surface area contributed by atoms with Gasteiger partial charge >= 0.3 is 0 Å². The average molecular weight is 371 g/mol. The third kappa shape index (κ3) is 3.80. The van der Waals surface area contributed by atoms with Gasteiger partial charge in [-0.2, -0.15) is 0 Å². The van der Waals surface area contributed by atoms with Gasteiger partial charge in [-0.1, -0.05) is 60.7 Å². The van der Waals surface area contributed by atoms with E-state index in [2.05, 4.69) is 10.6 Å². The predicted octanol–water partition coefficient (Wildman–Crippen LogP) is 3.60. The first kappa shape index (κ1) is 17.9. The number of benzene rings is 3. The van der Waals surface area contributed by atoms with Crippen LogP contribution in [0.4, 0.5) is 5.69 Å². The predicted molar refractivity (Wildman–Crippen MR) is 111 cm³/mol. The van der Waals surface area contributed by atoms with Gasteiger partial charge < -0.3 is 10.1 Å². The van der Waals surface area contributed by atoms with Crippen LogP contribution >= 0.6 is 0 Å². The maximum absolute atomic E-state index is 12.8. The summed E-state index contributed by atoms with van der Waals surface area (Å²) in [7, 11) is 1.64. The number of ether oxygens (including phenoxy) is 1. The van der Waals surface area contributed by atoms with Crippen LogP contribution in [0.25, 0.3) is 0 Å². The molecule has 5 nitrogen and oxygen atoms in total. The van der Waals surface area contributed by atoms with E-state index < -0.39 is 6.17 Å². The van der Waals surface area contributed by atoms with Crippen molar-refractivity contribution in [1.29, 1.82) is 0 Å². The summed E-state index contributed by atoms with van der Waals surface area (Å²) in [4.78, 5) is 17.6. The number of amides is 1. The Balaban J connectivity index is 1.66. The van der Waals surface area contributed by atoms with Crippen molar-refractivity contribution < 1.29 is 9.53 Å². The number of carbonyl (C=O) groups is 1. The Morgan fingerprint density at radius 2 is 1.79 bits per heavy atom. The zero-order chi connectivity index (χ0) is 19.3. The van der Waals surface area contributed by atoms with E-state index in [1.165, 1.54) is 0 Å². The molecule has 1 aliphatic rings. The van der Waals surface area contributed by atoms with Gasteiger partial charge in [0.2, 0.25) is 0 Å². The highest BCUT2D eigenvalue weighted by Crippen LogP contribution is 2.23. The van der Waals surface area contributed by atoms with E-state index in [9.17, 15) is 4.79 Å². The van der Waals surface area contributed by atoms with Gasteiger partial charge in [-0.3, -0.25) is 15.1 Å². The van der Waals surface area contributed by atoms with Crippen LogP contribution in [0, 0.1) is 0 Å². The van der Waals surface area contributed by atoms with Gasteiger partial charge in [-0.25, -0.2) is 0 Å². The maximum atomic E-state index is 12.8. The number of carbonyl (C=O) groups excluding carboxylic acids is 1. The van der Waals surface area contributed by atoms with Crippen LogP contribution in [0.1, 0.15) is 16.7 Å². The van der Waals surface area contributed by atoms with E-state index in [-0.39, 0.29) is 5.91 Å². The minimum atomic E-state index is -0.700. The van der Waals surface area contributed by atoms with E-state index >= 15 is 0 Å². The van der Waals surface area contributed by atoms with E-state index in [1.54, 1.807) is 7.11 Å². The van der Waals surface area contributed by atoms with Gasteiger partial charge in [-0.05, 0) is 23.8 Å². The van der Waals surface area contributed by atoms with Crippen LogP contribution in [0.2, 0.25) is 0 Å². The molecule has 5 heteroatoms. The highest BCUT2D eigenvalue weighted by atomic mass is 16.5. The van der Waals surface area contributed by atoms with Crippen LogP contribution in [0.15, 0.2) is 83.9 Å². The molecule has 0 radical (unpaired) electrons. The zero-order valence-electron chi connectivity index (χ0n) is 15.6. The van der Waals surface area contributed by atoms with Crippen LogP contribution in [0.3, 0.4) is 0 Å². The minimum Gasteiger partial charge on any atom is -0.497 e. The molecule has 3 aromatic rings. The highest BCUT2D eigenvalue weighted by Gasteiger charge is 2.25. The molecule has 1 heterocycles. The summed E-state index contributed by atoms with van der Waals surface area (Å²) in [5.41, 5.74) is 4.45. The molecule has 0 fully saturated rings. The molecule has 0 saturated heterocycles. The Bertz CT molecular complexity index is 1020. The van der Waals surface area contributed by atoms with Crippen LogP contribution < -0.4 is 15.4 Å². The summed E-state index contributed by atoms with van der Waals surface area (Å²) in [6.45, 7) is 0.497. The molecule has 0 bridgehead atoms. The number of benzodiazepines with no additional fused rings is 1. The fourth-order valence-corrected chi connectivity index (χ4v) is 3.22. The van der Waals surface area contributed by atoms with E-state index in [0.717, 1.165) is 33.8 Å². The molecule has 140 valence electrons. The molecule has 1 aliphatic heterocycles. The fraction of sp³-hybridized carbons (Fsp3) is 0.130. The van der Waals surface area contributed by atoms with Crippen LogP contribution in [0.5, 0.6) is 5.75 Å². The summed E-state index contributed by atoms with van der Waals surface area (Å²) in [5, 5.41) is 6.25. The third-order valence-corrected chi connectivity index (χ3v) is 4.63. The highest BCUT2D eigenvalue weighted by molar-refractivity contribution is 6.19. The Kier molecular flexibility index (Phi) is 5.17. The van der Waals surface area contributed by atoms with Crippen molar-refractivity contribution in [2.45, 2.75) is 12.7 Å². The normalized spacial score (nSPS) is 15.8. The van der Waals surface area contributed by atoms with Gasteiger partial charge in [0.1, 0.15) is 5.75 Å². The van der Waals surface area contributed by atoms with Gasteiger partial charge in [0.15, 0.2) is 6.17 Å². The van der Waals surface area contributed by atoms with Crippen molar-refractivity contribution in [2.24, 2.45) is 4.99 Å². The second kappa shape index (κ2) is 8.06. The number of aliphatic imine (C=N–C) groups is 1. The lowest BCUT2D eigenvalue weighted by Gasteiger charge is -2.14. The average Bonchev–Trinajstić information content (AvgIpc) is 2.89. The van der Waals surface area contributed by atoms with Crippen molar-refractivity contribution in [2.75, 3.05) is 12.4 Å². The van der Waals surface area contributed by atoms with Gasteiger partial charge in [-0.15, -0.1) is 0 Å². The SMILES string of the molecule is COc1cccc(CNC2N=C(c3ccccc3)c3ccccc3NC2=O)c1. The second-order valence-corrected chi connectivity index (χ2v) is 6.51. The Hall–Kier alpha value is -3.44. The Labute approximate surface area is 164 Å². The number of hydrogen-bond donors (Lipinski definition) is 2. The number of methoxy groups -OCH3 is 1. The first-order chi connectivity index (χ1) is 13.7. The number of nitrogens with one attached hydrogen (secondary N) is 2. The molecule has 3 aromatic carbocycles. The van der Waals surface area contributed by atoms with Crippen molar-refractivity contribution in [3.8, 4) is 5.75 Å². The lowest BCUT2D eigenvalue weighted by Crippen LogP contribution is -2.38. The zero-order valence-corrected chi connectivity index (χ0v) is 15.6. The summed E-state index contributed by atoms with van der Waals surface area (Å²) >= 11 is 0. The summed E-state index contributed by atoms with van der Waals surface area (Å²) in [6.07, 6.45) is -0.700. The quantitative estimate of drug-likeness (QED) is 0.720. The summed E-state index contributed by atoms with van der Waals surface area (Å²) in [5.74, 6) is 0.603. The van der Waals surface area contributed by atoms with Crippen molar-refractivity contribution >= 4 is 17.3 Å². The van der Waals surface area contributed by atoms with Gasteiger partial charge in [0, 0.05) is 17.7 Å². The monoisotopic (exact) mass is 371 g/mol. The van der Waals surface area contributed by atoms with Crippen molar-refractivity contribution in [3.05, 3.63) is 95.6 Å². The molecule has 1 atom stereocenters. The summed E-state index contributed by atoms with van der Waals surface area (Å²) in [6, 6.07) is 25.4. The Morgan fingerprint density at radius 1 is 1.00 bits per heavy atom. The molecule has 1 amide bonds. The molecular formula is C23H21N3O2. The lowest BCUT2D eigenvalue weighted by atomic mass is 10.0. The molecular weight excluding hydrogens is 350 g/mol. The van der Waals surface area contributed by atoms with Crippen molar-refractivity contribution in [1.82, 2.24) is 5.32 Å². The number of nitrogens with zero attached hydrogens (tertiary/aromatic N) is 1. The molecule has 0 spiro atoms. The fourth-order valence-electron chi connectivity index (χ4n) is 3.22.